The molecule has 160 valence electrons. The first-order valence-electron chi connectivity index (χ1n) is 10.3. The van der Waals surface area contributed by atoms with Gasteiger partial charge in [-0.2, -0.15) is 4.68 Å². The third kappa shape index (κ3) is 4.83. The highest BCUT2D eigenvalue weighted by Gasteiger charge is 2.22. The van der Waals surface area contributed by atoms with E-state index in [1.54, 1.807) is 16.4 Å². The largest absolute Gasteiger partial charge is 0.300 e. The molecule has 8 nitrogen and oxygen atoms in total. The highest BCUT2D eigenvalue weighted by atomic mass is 32.2. The van der Waals surface area contributed by atoms with Gasteiger partial charge in [-0.1, -0.05) is 67.2 Å². The number of hydrogen-bond acceptors (Lipinski definition) is 7. The zero-order valence-corrected chi connectivity index (χ0v) is 18.8. The lowest BCUT2D eigenvalue weighted by atomic mass is 10.2. The molecule has 4 rings (SSSR count). The summed E-state index contributed by atoms with van der Waals surface area (Å²) in [7, 11) is 4.16. The van der Waals surface area contributed by atoms with Crippen LogP contribution in [0.4, 0.5) is 0 Å². The van der Waals surface area contributed by atoms with E-state index in [-0.39, 0.29) is 6.04 Å². The van der Waals surface area contributed by atoms with Crippen molar-refractivity contribution in [1.29, 1.82) is 0 Å². The van der Waals surface area contributed by atoms with Crippen LogP contribution in [0.3, 0.4) is 0 Å². The van der Waals surface area contributed by atoms with Crippen molar-refractivity contribution < 1.29 is 0 Å². The van der Waals surface area contributed by atoms with Crippen molar-refractivity contribution in [3.8, 4) is 5.69 Å². The van der Waals surface area contributed by atoms with E-state index in [2.05, 4.69) is 80.5 Å². The van der Waals surface area contributed by atoms with Crippen LogP contribution in [0.5, 0.6) is 0 Å². The van der Waals surface area contributed by atoms with E-state index >= 15 is 0 Å². The molecule has 0 saturated carbocycles. The smallest absolute Gasteiger partial charge is 0.192 e. The van der Waals surface area contributed by atoms with Crippen LogP contribution in [-0.4, -0.2) is 54.0 Å². The van der Waals surface area contributed by atoms with Crippen LogP contribution < -0.4 is 0 Å². The maximum absolute atomic E-state index is 4.58. The van der Waals surface area contributed by atoms with Gasteiger partial charge in [0.2, 0.25) is 0 Å². The van der Waals surface area contributed by atoms with Gasteiger partial charge in [-0.25, -0.2) is 0 Å². The van der Waals surface area contributed by atoms with Gasteiger partial charge in [0.15, 0.2) is 16.8 Å². The lowest BCUT2D eigenvalue weighted by molar-refractivity contribution is 0.272. The average Bonchev–Trinajstić information content (AvgIpc) is 3.41. The summed E-state index contributed by atoms with van der Waals surface area (Å²) >= 11 is 1.60. The molecule has 2 aromatic carbocycles. The number of nitrogens with zero attached hydrogens (tertiary/aromatic N) is 8. The molecule has 0 N–H and O–H groups in total. The zero-order valence-electron chi connectivity index (χ0n) is 18.0. The third-order valence-corrected chi connectivity index (χ3v) is 6.07. The molecule has 0 spiro atoms. The Morgan fingerprint density at radius 2 is 1.65 bits per heavy atom. The van der Waals surface area contributed by atoms with Gasteiger partial charge in [0, 0.05) is 0 Å². The van der Waals surface area contributed by atoms with Gasteiger partial charge in [-0.15, -0.1) is 15.3 Å². The van der Waals surface area contributed by atoms with Crippen molar-refractivity contribution in [2.24, 2.45) is 0 Å². The summed E-state index contributed by atoms with van der Waals surface area (Å²) in [6.07, 6.45) is 0.955. The number of thioether (sulfide) groups is 1. The number of aromatic nitrogens is 7. The zero-order chi connectivity index (χ0) is 21.6. The highest BCUT2D eigenvalue weighted by Crippen LogP contribution is 2.28. The first-order valence-corrected chi connectivity index (χ1v) is 11.2. The van der Waals surface area contributed by atoms with Gasteiger partial charge in [-0.05, 0) is 48.6 Å². The van der Waals surface area contributed by atoms with Gasteiger partial charge in [0.25, 0.3) is 0 Å². The van der Waals surface area contributed by atoms with Crippen molar-refractivity contribution in [3.05, 3.63) is 77.9 Å². The quantitative estimate of drug-likeness (QED) is 0.372. The summed E-state index contributed by atoms with van der Waals surface area (Å²) in [6, 6.07) is 20.5. The van der Waals surface area contributed by atoms with Crippen LogP contribution in [-0.2, 0) is 12.3 Å². The minimum Gasteiger partial charge on any atom is -0.300 e. The standard InChI is InChI=1S/C22H26N8S/c1-4-19(28(2)3)21-24-25-22(29(21)15-17-11-7-5-8-12-17)31-16-20-23-26-27-30(20)18-13-9-6-10-14-18/h5-14,19H,4,15-16H2,1-3H3/t19-/m0/s1. The van der Waals surface area contributed by atoms with E-state index in [9.17, 15) is 0 Å². The molecule has 0 saturated heterocycles. The van der Waals surface area contributed by atoms with Crippen molar-refractivity contribution in [2.45, 2.75) is 36.8 Å². The predicted molar refractivity (Wildman–Crippen MR) is 121 cm³/mol. The highest BCUT2D eigenvalue weighted by molar-refractivity contribution is 7.98. The Kier molecular flexibility index (Phi) is 6.73. The first kappa shape index (κ1) is 21.2. The predicted octanol–water partition coefficient (Wildman–Crippen LogP) is 3.61. The summed E-state index contributed by atoms with van der Waals surface area (Å²) in [5.74, 6) is 2.33. The maximum Gasteiger partial charge on any atom is 0.192 e. The fourth-order valence-electron chi connectivity index (χ4n) is 3.54. The Morgan fingerprint density at radius 3 is 2.32 bits per heavy atom. The average molecular weight is 435 g/mol. The van der Waals surface area contributed by atoms with Gasteiger partial charge in [-0.3, -0.25) is 4.90 Å². The van der Waals surface area contributed by atoms with Gasteiger partial charge >= 0.3 is 0 Å². The molecular formula is C22H26N8S. The molecule has 2 heterocycles. The van der Waals surface area contributed by atoms with Crippen molar-refractivity contribution in [1.82, 2.24) is 39.9 Å². The lowest BCUT2D eigenvalue weighted by Crippen LogP contribution is -2.23. The van der Waals surface area contributed by atoms with Crippen molar-refractivity contribution >= 4 is 11.8 Å². The second-order valence-corrected chi connectivity index (χ2v) is 8.37. The second kappa shape index (κ2) is 9.84. The summed E-state index contributed by atoms with van der Waals surface area (Å²) in [5, 5.41) is 22.2. The minimum absolute atomic E-state index is 0.195. The van der Waals surface area contributed by atoms with E-state index in [1.165, 1.54) is 5.56 Å². The number of rotatable bonds is 9. The van der Waals surface area contributed by atoms with Gasteiger partial charge < -0.3 is 4.57 Å². The third-order valence-electron chi connectivity index (χ3n) is 5.10. The van der Waals surface area contributed by atoms with Gasteiger partial charge in [0.1, 0.15) is 0 Å². The van der Waals surface area contributed by atoms with Crippen LogP contribution in [0.1, 0.15) is 36.6 Å². The molecular weight excluding hydrogens is 408 g/mol. The topological polar surface area (TPSA) is 77.5 Å². The summed E-state index contributed by atoms with van der Waals surface area (Å²) < 4.78 is 3.98. The molecule has 31 heavy (non-hydrogen) atoms. The summed E-state index contributed by atoms with van der Waals surface area (Å²) in [5.41, 5.74) is 2.15. The summed E-state index contributed by atoms with van der Waals surface area (Å²) in [6.45, 7) is 2.90. The van der Waals surface area contributed by atoms with Crippen LogP contribution in [0.2, 0.25) is 0 Å². The van der Waals surface area contributed by atoms with Crippen molar-refractivity contribution in [2.75, 3.05) is 14.1 Å². The van der Waals surface area contributed by atoms with E-state index in [4.69, 9.17) is 0 Å². The molecule has 0 aliphatic carbocycles. The van der Waals surface area contributed by atoms with Crippen LogP contribution in [0.15, 0.2) is 65.8 Å². The fourth-order valence-corrected chi connectivity index (χ4v) is 4.39. The Balaban J connectivity index is 1.61. The van der Waals surface area contributed by atoms with Gasteiger partial charge in [0.05, 0.1) is 24.0 Å². The Labute approximate surface area is 186 Å². The second-order valence-electron chi connectivity index (χ2n) is 7.43. The molecule has 0 radical (unpaired) electrons. The Bertz CT molecular complexity index is 1090. The Hall–Kier alpha value is -3.04. The molecule has 0 aliphatic rings. The number of benzene rings is 2. The first-order chi connectivity index (χ1) is 15.2. The molecule has 0 bridgehead atoms. The number of tetrazole rings is 1. The minimum atomic E-state index is 0.195. The molecule has 4 aromatic rings. The van der Waals surface area contributed by atoms with Crippen LogP contribution in [0, 0.1) is 0 Å². The van der Waals surface area contributed by atoms with E-state index in [0.717, 1.165) is 35.5 Å². The molecule has 0 amide bonds. The normalized spacial score (nSPS) is 12.4. The van der Waals surface area contributed by atoms with Crippen LogP contribution >= 0.6 is 11.8 Å². The molecule has 0 fully saturated rings. The molecule has 9 heteroatoms. The van der Waals surface area contributed by atoms with E-state index < -0.39 is 0 Å². The van der Waals surface area contributed by atoms with E-state index in [0.29, 0.717) is 5.75 Å². The molecule has 0 unspecified atom stereocenters. The van der Waals surface area contributed by atoms with Crippen LogP contribution in [0.25, 0.3) is 5.69 Å². The van der Waals surface area contributed by atoms with E-state index in [1.807, 2.05) is 36.4 Å². The molecule has 0 aliphatic heterocycles. The molecule has 1 atom stereocenters. The van der Waals surface area contributed by atoms with Crippen molar-refractivity contribution in [3.63, 3.8) is 0 Å². The number of para-hydroxylation sites is 1. The monoisotopic (exact) mass is 434 g/mol. The number of hydrogen-bond donors (Lipinski definition) is 0. The SMILES string of the molecule is CC[C@@H](c1nnc(SCc2nnnn2-c2ccccc2)n1Cc1ccccc1)N(C)C. The lowest BCUT2D eigenvalue weighted by Gasteiger charge is -2.23. The summed E-state index contributed by atoms with van der Waals surface area (Å²) in [4.78, 5) is 2.19. The fraction of sp³-hybridized carbons (Fsp3) is 0.318. The maximum atomic E-state index is 4.58. The Morgan fingerprint density at radius 1 is 0.935 bits per heavy atom. The molecule has 2 aromatic heterocycles.